The van der Waals surface area contributed by atoms with Gasteiger partial charge in [0, 0.05) is 5.56 Å². The summed E-state index contributed by atoms with van der Waals surface area (Å²) in [5.74, 6) is -0.643. The molecule has 1 aromatic rings. The summed E-state index contributed by atoms with van der Waals surface area (Å²) in [4.78, 5) is 22.3. The Labute approximate surface area is 98.3 Å². The highest BCUT2D eigenvalue weighted by atomic mass is 16.1. The van der Waals surface area contributed by atoms with Crippen molar-refractivity contribution in [3.8, 4) is 12.1 Å². The zero-order valence-corrected chi connectivity index (χ0v) is 9.15. The molecule has 84 valence electrons. The quantitative estimate of drug-likeness (QED) is 0.793. The Morgan fingerprint density at radius 2 is 2.06 bits per heavy atom. The lowest BCUT2D eigenvalue weighted by Gasteiger charge is -2.06. The molecule has 0 unspecified atom stereocenters. The van der Waals surface area contributed by atoms with Crippen LogP contribution < -0.4 is 5.32 Å². The number of carbonyl (C=O) groups excluding carboxylic acids is 2. The number of anilines is 1. The molecule has 5 heteroatoms. The molecule has 0 aliphatic heterocycles. The highest BCUT2D eigenvalue weighted by Crippen LogP contribution is 2.17. The van der Waals surface area contributed by atoms with Crippen molar-refractivity contribution >= 4 is 17.4 Å². The third kappa shape index (κ3) is 3.15. The van der Waals surface area contributed by atoms with Gasteiger partial charge in [0.15, 0.2) is 5.78 Å². The van der Waals surface area contributed by atoms with Gasteiger partial charge in [0.2, 0.25) is 5.91 Å². The maximum atomic E-state index is 11.2. The van der Waals surface area contributed by atoms with E-state index in [2.05, 4.69) is 5.32 Å². The first-order chi connectivity index (χ1) is 8.08. The Kier molecular flexibility index (Phi) is 3.96. The fourth-order valence-corrected chi connectivity index (χ4v) is 1.23. The summed E-state index contributed by atoms with van der Waals surface area (Å²) in [5, 5.41) is 19.7. The van der Waals surface area contributed by atoms with Crippen molar-refractivity contribution in [2.45, 2.75) is 13.3 Å². The summed E-state index contributed by atoms with van der Waals surface area (Å²) in [6.07, 6.45) is -0.278. The van der Waals surface area contributed by atoms with E-state index in [1.54, 1.807) is 6.07 Å². The molecule has 1 amide bonds. The van der Waals surface area contributed by atoms with Crippen LogP contribution in [-0.2, 0) is 4.79 Å². The Bertz CT molecular complexity index is 550. The van der Waals surface area contributed by atoms with Crippen molar-refractivity contribution < 1.29 is 9.59 Å². The number of nitrogens with zero attached hydrogens (tertiary/aromatic N) is 2. The van der Waals surface area contributed by atoms with Crippen molar-refractivity contribution in [3.05, 3.63) is 29.3 Å². The molecule has 0 fully saturated rings. The average Bonchev–Trinajstić information content (AvgIpc) is 2.29. The molecule has 0 aromatic heterocycles. The van der Waals surface area contributed by atoms with E-state index >= 15 is 0 Å². The van der Waals surface area contributed by atoms with E-state index in [1.807, 2.05) is 6.07 Å². The normalized spacial score (nSPS) is 8.88. The lowest BCUT2D eigenvalue weighted by molar-refractivity contribution is -0.115. The molecule has 0 aliphatic rings. The van der Waals surface area contributed by atoms with Gasteiger partial charge in [-0.3, -0.25) is 9.59 Å². The zero-order chi connectivity index (χ0) is 12.8. The van der Waals surface area contributed by atoms with Crippen molar-refractivity contribution in [2.24, 2.45) is 0 Å². The van der Waals surface area contributed by atoms with Crippen molar-refractivity contribution in [3.63, 3.8) is 0 Å². The number of carbonyl (C=O) groups is 2. The van der Waals surface area contributed by atoms with E-state index in [9.17, 15) is 9.59 Å². The molecule has 0 aliphatic carbocycles. The topological polar surface area (TPSA) is 93.8 Å². The lowest BCUT2D eigenvalue weighted by Crippen LogP contribution is -2.11. The second-order valence-electron chi connectivity index (χ2n) is 3.31. The molecule has 1 N–H and O–H groups in total. The van der Waals surface area contributed by atoms with E-state index in [-0.39, 0.29) is 17.8 Å². The van der Waals surface area contributed by atoms with Gasteiger partial charge >= 0.3 is 0 Å². The Morgan fingerprint density at radius 1 is 1.35 bits per heavy atom. The zero-order valence-electron chi connectivity index (χ0n) is 9.15. The lowest BCUT2D eigenvalue weighted by atomic mass is 10.1. The molecule has 0 saturated heterocycles. The third-order valence-corrected chi connectivity index (χ3v) is 2.06. The van der Waals surface area contributed by atoms with Crippen LogP contribution in [0.25, 0.3) is 0 Å². The van der Waals surface area contributed by atoms with E-state index in [4.69, 9.17) is 10.5 Å². The van der Waals surface area contributed by atoms with Crippen LogP contribution >= 0.6 is 0 Å². The summed E-state index contributed by atoms with van der Waals surface area (Å²) in [6.45, 7) is 1.39. The predicted octanol–water partition coefficient (Wildman–Crippen LogP) is 1.61. The molecular formula is C12H9N3O2. The van der Waals surface area contributed by atoms with Crippen LogP contribution in [0.3, 0.4) is 0 Å². The third-order valence-electron chi connectivity index (χ3n) is 2.06. The largest absolute Gasteiger partial charge is 0.324 e. The van der Waals surface area contributed by atoms with Crippen molar-refractivity contribution in [2.75, 3.05) is 5.32 Å². The van der Waals surface area contributed by atoms with Gasteiger partial charge in [0.1, 0.15) is 12.5 Å². The molecule has 1 rings (SSSR count). The number of amides is 1. The molecule has 0 saturated carbocycles. The van der Waals surface area contributed by atoms with Crippen LogP contribution in [0.5, 0.6) is 0 Å². The Hall–Kier alpha value is -2.66. The SMILES string of the molecule is CC(=O)c1ccc(NC(=O)CC#N)c(C#N)c1. The van der Waals surface area contributed by atoms with Gasteiger partial charge in [-0.25, -0.2) is 0 Å². The average molecular weight is 227 g/mol. The fourth-order valence-electron chi connectivity index (χ4n) is 1.23. The number of benzene rings is 1. The number of rotatable bonds is 3. The number of hydrogen-bond acceptors (Lipinski definition) is 4. The van der Waals surface area contributed by atoms with Crippen LogP contribution in [0.15, 0.2) is 18.2 Å². The number of nitriles is 2. The van der Waals surface area contributed by atoms with Crippen LogP contribution in [0, 0.1) is 22.7 Å². The summed E-state index contributed by atoms with van der Waals surface area (Å²) in [5.41, 5.74) is 0.904. The van der Waals surface area contributed by atoms with Crippen LogP contribution in [0.2, 0.25) is 0 Å². The molecule has 0 heterocycles. The van der Waals surface area contributed by atoms with Crippen LogP contribution in [0.1, 0.15) is 29.3 Å². The molecular weight excluding hydrogens is 218 g/mol. The first kappa shape index (κ1) is 12.4. The van der Waals surface area contributed by atoms with Gasteiger partial charge in [-0.05, 0) is 25.1 Å². The minimum absolute atomic E-state index is 0.156. The molecule has 0 radical (unpaired) electrons. The van der Waals surface area contributed by atoms with Crippen LogP contribution in [0.4, 0.5) is 5.69 Å². The molecule has 0 spiro atoms. The number of ketones is 1. The highest BCUT2D eigenvalue weighted by molar-refractivity contribution is 5.97. The first-order valence-corrected chi connectivity index (χ1v) is 4.80. The molecule has 5 nitrogen and oxygen atoms in total. The van der Waals surface area contributed by atoms with Gasteiger partial charge in [0.25, 0.3) is 0 Å². The van der Waals surface area contributed by atoms with E-state index in [1.165, 1.54) is 25.1 Å². The summed E-state index contributed by atoms with van der Waals surface area (Å²) in [6, 6.07) is 8.00. The molecule has 0 atom stereocenters. The standard InChI is InChI=1S/C12H9N3O2/c1-8(16)9-2-3-11(10(6-9)7-14)15-12(17)4-5-13/h2-3,6H,4H2,1H3,(H,15,17). The maximum absolute atomic E-state index is 11.2. The molecule has 1 aromatic carbocycles. The number of Topliss-reactive ketones (excluding diaryl/α,β-unsaturated/α-hetero) is 1. The van der Waals surface area contributed by atoms with Gasteiger partial charge in [0.05, 0.1) is 17.3 Å². The Morgan fingerprint density at radius 3 is 2.59 bits per heavy atom. The van der Waals surface area contributed by atoms with Gasteiger partial charge in [-0.2, -0.15) is 10.5 Å². The van der Waals surface area contributed by atoms with Crippen molar-refractivity contribution in [1.82, 2.24) is 0 Å². The van der Waals surface area contributed by atoms with Crippen molar-refractivity contribution in [1.29, 1.82) is 10.5 Å². The smallest absolute Gasteiger partial charge is 0.238 e. The van der Waals surface area contributed by atoms with Gasteiger partial charge in [-0.1, -0.05) is 0 Å². The van der Waals surface area contributed by atoms with E-state index in [0.29, 0.717) is 11.3 Å². The summed E-state index contributed by atoms with van der Waals surface area (Å²) in [7, 11) is 0. The monoisotopic (exact) mass is 227 g/mol. The minimum atomic E-state index is -0.487. The number of hydrogen-bond donors (Lipinski definition) is 1. The minimum Gasteiger partial charge on any atom is -0.324 e. The van der Waals surface area contributed by atoms with E-state index < -0.39 is 5.91 Å². The van der Waals surface area contributed by atoms with Crippen LogP contribution in [-0.4, -0.2) is 11.7 Å². The second kappa shape index (κ2) is 5.43. The molecule has 17 heavy (non-hydrogen) atoms. The predicted molar refractivity (Wildman–Crippen MR) is 60.0 cm³/mol. The number of nitrogens with one attached hydrogen (secondary N) is 1. The second-order valence-corrected chi connectivity index (χ2v) is 3.31. The van der Waals surface area contributed by atoms with E-state index in [0.717, 1.165) is 0 Å². The summed E-state index contributed by atoms with van der Waals surface area (Å²) < 4.78 is 0. The van der Waals surface area contributed by atoms with Gasteiger partial charge in [-0.15, -0.1) is 0 Å². The van der Waals surface area contributed by atoms with Gasteiger partial charge < -0.3 is 5.32 Å². The highest BCUT2D eigenvalue weighted by Gasteiger charge is 2.08. The Balaban J connectivity index is 3.03. The first-order valence-electron chi connectivity index (χ1n) is 4.80. The summed E-state index contributed by atoms with van der Waals surface area (Å²) >= 11 is 0. The fraction of sp³-hybridized carbons (Fsp3) is 0.167. The maximum Gasteiger partial charge on any atom is 0.238 e. The molecule has 0 bridgehead atoms.